The first-order valence-electron chi connectivity index (χ1n) is 4.13. The minimum atomic E-state index is 0.791. The molecule has 1 radical (unpaired) electrons. The van der Waals surface area contributed by atoms with E-state index in [-0.39, 0.29) is 0 Å². The zero-order chi connectivity index (χ0) is 6.10. The molecule has 1 aliphatic carbocycles. The van der Waals surface area contributed by atoms with Crippen molar-refractivity contribution in [3.05, 3.63) is 0 Å². The largest absolute Gasteiger partial charge is 0.238 e. The maximum Gasteiger partial charge on any atom is 0.0274 e. The molecule has 2 rings (SSSR count). The van der Waals surface area contributed by atoms with Crippen LogP contribution in [0, 0.1) is 5.92 Å². The van der Waals surface area contributed by atoms with E-state index in [1.54, 1.807) is 0 Å². The monoisotopic (exact) mass is 124 g/mol. The molecule has 2 aliphatic rings. The Morgan fingerprint density at radius 3 is 2.78 bits per heavy atom. The minimum absolute atomic E-state index is 0.791. The summed E-state index contributed by atoms with van der Waals surface area (Å²) in [5.41, 5.74) is 0. The highest BCUT2D eigenvalue weighted by atomic mass is 14.9. The van der Waals surface area contributed by atoms with Gasteiger partial charge in [-0.2, -0.15) is 0 Å². The number of fused-ring (bicyclic) bond motifs is 1. The predicted molar refractivity (Wildman–Crippen MR) is 37.4 cm³/mol. The summed E-state index contributed by atoms with van der Waals surface area (Å²) in [5, 5.41) is 4.59. The van der Waals surface area contributed by atoms with Crippen molar-refractivity contribution in [3.8, 4) is 0 Å². The Hall–Kier alpha value is -0.0400. The normalized spacial score (nSPS) is 42.7. The Morgan fingerprint density at radius 1 is 1.00 bits per heavy atom. The minimum Gasteiger partial charge on any atom is -0.238 e. The predicted octanol–water partition coefficient (Wildman–Crippen LogP) is 1.55. The lowest BCUT2D eigenvalue weighted by Gasteiger charge is -2.24. The molecule has 51 valence electrons. The van der Waals surface area contributed by atoms with Crippen molar-refractivity contribution in [1.29, 1.82) is 0 Å². The molecule has 2 fully saturated rings. The van der Waals surface area contributed by atoms with Gasteiger partial charge in [0, 0.05) is 12.6 Å². The lowest BCUT2D eigenvalue weighted by Crippen LogP contribution is -2.31. The molecule has 2 atom stereocenters. The van der Waals surface area contributed by atoms with Crippen LogP contribution in [0.4, 0.5) is 0 Å². The van der Waals surface area contributed by atoms with Crippen molar-refractivity contribution >= 4 is 0 Å². The van der Waals surface area contributed by atoms with E-state index in [4.69, 9.17) is 0 Å². The van der Waals surface area contributed by atoms with Crippen LogP contribution >= 0.6 is 0 Å². The average molecular weight is 124 g/mol. The van der Waals surface area contributed by atoms with E-state index in [1.165, 1.54) is 32.1 Å². The molecule has 1 saturated heterocycles. The molecule has 9 heavy (non-hydrogen) atoms. The summed E-state index contributed by atoms with van der Waals surface area (Å²) in [7, 11) is 0. The van der Waals surface area contributed by atoms with Gasteiger partial charge in [0.2, 0.25) is 0 Å². The Kier molecular flexibility index (Phi) is 1.46. The van der Waals surface area contributed by atoms with Crippen LogP contribution in [0.15, 0.2) is 0 Å². The molecule has 1 heteroatoms. The molecule has 1 saturated carbocycles. The highest BCUT2D eigenvalue weighted by Gasteiger charge is 2.29. The summed E-state index contributed by atoms with van der Waals surface area (Å²) < 4.78 is 0. The summed E-state index contributed by atoms with van der Waals surface area (Å²) in [4.78, 5) is 0. The summed E-state index contributed by atoms with van der Waals surface area (Å²) in [6.45, 7) is 1.15. The van der Waals surface area contributed by atoms with E-state index in [0.717, 1.165) is 18.5 Å². The zero-order valence-electron chi connectivity index (χ0n) is 5.84. The van der Waals surface area contributed by atoms with Gasteiger partial charge in [-0.3, -0.25) is 0 Å². The maximum absolute atomic E-state index is 4.59. The number of hydrogen-bond acceptors (Lipinski definition) is 0. The van der Waals surface area contributed by atoms with Crippen LogP contribution < -0.4 is 5.32 Å². The molecule has 0 N–H and O–H groups in total. The average Bonchev–Trinajstić information content (AvgIpc) is 2.33. The standard InChI is InChI=1S/C8H14N/c1-3-7-4-2-6-9-8(7)5-1/h7-8H,1-6H2/t7-,8-/m0/s1. The van der Waals surface area contributed by atoms with Gasteiger partial charge < -0.3 is 0 Å². The zero-order valence-corrected chi connectivity index (χ0v) is 5.84. The molecule has 0 unspecified atom stereocenters. The third-order valence-electron chi connectivity index (χ3n) is 2.72. The van der Waals surface area contributed by atoms with Crippen molar-refractivity contribution in [1.82, 2.24) is 5.32 Å². The molecule has 0 aromatic carbocycles. The van der Waals surface area contributed by atoms with Crippen LogP contribution in [0.1, 0.15) is 32.1 Å². The summed E-state index contributed by atoms with van der Waals surface area (Å²) in [5.74, 6) is 0.999. The van der Waals surface area contributed by atoms with Crippen molar-refractivity contribution in [3.63, 3.8) is 0 Å². The van der Waals surface area contributed by atoms with Gasteiger partial charge in [0.15, 0.2) is 0 Å². The Bertz CT molecular complexity index is 88.7. The van der Waals surface area contributed by atoms with Gasteiger partial charge in [-0.25, -0.2) is 5.32 Å². The van der Waals surface area contributed by atoms with Crippen LogP contribution in [0.25, 0.3) is 0 Å². The molecule has 0 bridgehead atoms. The highest BCUT2D eigenvalue weighted by molar-refractivity contribution is 4.85. The SMILES string of the molecule is C1C[N][C@H]2CCC[C@H]2C1. The van der Waals surface area contributed by atoms with Crippen molar-refractivity contribution < 1.29 is 0 Å². The number of piperidine rings is 1. The number of hydrogen-bond donors (Lipinski definition) is 0. The first-order chi connectivity index (χ1) is 4.47. The molecule has 0 amide bonds. The van der Waals surface area contributed by atoms with Crippen molar-refractivity contribution in [2.45, 2.75) is 38.1 Å². The molecular formula is C8H14N. The summed E-state index contributed by atoms with van der Waals surface area (Å²) >= 11 is 0. The lowest BCUT2D eigenvalue weighted by molar-refractivity contribution is 0.312. The fourth-order valence-electron chi connectivity index (χ4n) is 2.20. The Labute approximate surface area is 56.8 Å². The lowest BCUT2D eigenvalue weighted by atomic mass is 9.94. The van der Waals surface area contributed by atoms with Gasteiger partial charge in [-0.05, 0) is 31.6 Å². The number of rotatable bonds is 0. The Balaban J connectivity index is 1.97. The number of nitrogens with zero attached hydrogens (tertiary/aromatic N) is 1. The van der Waals surface area contributed by atoms with E-state index in [0.29, 0.717) is 0 Å². The molecule has 0 aromatic heterocycles. The van der Waals surface area contributed by atoms with Crippen LogP contribution in [0.5, 0.6) is 0 Å². The van der Waals surface area contributed by atoms with Crippen molar-refractivity contribution in [2.75, 3.05) is 6.54 Å². The smallest absolute Gasteiger partial charge is 0.0274 e. The van der Waals surface area contributed by atoms with Crippen LogP contribution in [0.2, 0.25) is 0 Å². The Morgan fingerprint density at radius 2 is 1.89 bits per heavy atom. The third kappa shape index (κ3) is 0.983. The van der Waals surface area contributed by atoms with Gasteiger partial charge in [0.05, 0.1) is 0 Å². The van der Waals surface area contributed by atoms with E-state index in [1.807, 2.05) is 0 Å². The van der Waals surface area contributed by atoms with E-state index in [9.17, 15) is 0 Å². The van der Waals surface area contributed by atoms with Crippen molar-refractivity contribution in [2.24, 2.45) is 5.92 Å². The molecule has 1 aliphatic heterocycles. The molecule has 1 heterocycles. The summed E-state index contributed by atoms with van der Waals surface area (Å²) in [6.07, 6.45) is 7.13. The van der Waals surface area contributed by atoms with Gasteiger partial charge >= 0.3 is 0 Å². The fraction of sp³-hybridized carbons (Fsp3) is 1.00. The second kappa shape index (κ2) is 2.30. The highest BCUT2D eigenvalue weighted by Crippen LogP contribution is 2.32. The molecule has 0 aromatic rings. The fourth-order valence-corrected chi connectivity index (χ4v) is 2.20. The quantitative estimate of drug-likeness (QED) is 0.465. The van der Waals surface area contributed by atoms with Crippen LogP contribution in [-0.2, 0) is 0 Å². The van der Waals surface area contributed by atoms with Gasteiger partial charge in [-0.15, -0.1) is 0 Å². The first kappa shape index (κ1) is 5.72. The van der Waals surface area contributed by atoms with Gasteiger partial charge in [0.25, 0.3) is 0 Å². The maximum atomic E-state index is 4.59. The topological polar surface area (TPSA) is 14.1 Å². The molecule has 0 spiro atoms. The third-order valence-corrected chi connectivity index (χ3v) is 2.72. The molecule has 1 nitrogen and oxygen atoms in total. The second-order valence-corrected chi connectivity index (χ2v) is 3.31. The van der Waals surface area contributed by atoms with E-state index >= 15 is 0 Å². The van der Waals surface area contributed by atoms with Gasteiger partial charge in [-0.1, -0.05) is 6.42 Å². The van der Waals surface area contributed by atoms with Crippen LogP contribution in [0.3, 0.4) is 0 Å². The van der Waals surface area contributed by atoms with Crippen LogP contribution in [-0.4, -0.2) is 12.6 Å². The molecular weight excluding hydrogens is 110 g/mol. The first-order valence-corrected chi connectivity index (χ1v) is 4.13. The second-order valence-electron chi connectivity index (χ2n) is 3.31. The summed E-state index contributed by atoms with van der Waals surface area (Å²) in [6, 6.07) is 0.791. The van der Waals surface area contributed by atoms with E-state index in [2.05, 4.69) is 5.32 Å². The van der Waals surface area contributed by atoms with Gasteiger partial charge in [0.1, 0.15) is 0 Å². The van der Waals surface area contributed by atoms with E-state index < -0.39 is 0 Å².